The minimum absolute atomic E-state index is 0.00921. The third-order valence-electron chi connectivity index (χ3n) is 3.42. The van der Waals surface area contributed by atoms with Crippen LogP contribution in [0.15, 0.2) is 24.3 Å². The highest BCUT2D eigenvalue weighted by atomic mass is 19.1. The number of piperidine rings is 1. The summed E-state index contributed by atoms with van der Waals surface area (Å²) in [7, 11) is 1.90. The van der Waals surface area contributed by atoms with E-state index in [9.17, 15) is 9.18 Å². The molecule has 1 heterocycles. The maximum atomic E-state index is 12.9. The van der Waals surface area contributed by atoms with Crippen LogP contribution in [0.4, 0.5) is 4.39 Å². The number of likely N-dealkylation sites (tertiary alicyclic amines) is 1. The lowest BCUT2D eigenvalue weighted by Crippen LogP contribution is -2.48. The second kappa shape index (κ2) is 5.96. The zero-order valence-electron chi connectivity index (χ0n) is 10.7. The van der Waals surface area contributed by atoms with E-state index in [-0.39, 0.29) is 17.8 Å². The molecule has 2 rings (SSSR count). The normalized spacial score (nSPS) is 19.9. The van der Waals surface area contributed by atoms with E-state index in [2.05, 4.69) is 5.32 Å². The first-order valence-corrected chi connectivity index (χ1v) is 6.43. The zero-order chi connectivity index (χ0) is 13.0. The Hall–Kier alpha value is -1.42. The Kier molecular flexibility index (Phi) is 4.31. The predicted molar refractivity (Wildman–Crippen MR) is 69.0 cm³/mol. The Morgan fingerprint density at radius 1 is 1.39 bits per heavy atom. The highest BCUT2D eigenvalue weighted by Gasteiger charge is 2.26. The van der Waals surface area contributed by atoms with Crippen molar-refractivity contribution in [3.63, 3.8) is 0 Å². The molecule has 0 saturated carbocycles. The average Bonchev–Trinajstić information content (AvgIpc) is 2.40. The van der Waals surface area contributed by atoms with Gasteiger partial charge in [-0.2, -0.15) is 0 Å². The van der Waals surface area contributed by atoms with E-state index in [1.165, 1.54) is 18.6 Å². The fourth-order valence-corrected chi connectivity index (χ4v) is 2.47. The van der Waals surface area contributed by atoms with Gasteiger partial charge >= 0.3 is 0 Å². The van der Waals surface area contributed by atoms with E-state index in [0.29, 0.717) is 5.56 Å². The SMILES string of the molecule is CNCC1CCCCN1C(=O)c1ccc(F)cc1. The zero-order valence-corrected chi connectivity index (χ0v) is 10.7. The molecule has 0 spiro atoms. The van der Waals surface area contributed by atoms with E-state index in [0.717, 1.165) is 25.9 Å². The second-order valence-electron chi connectivity index (χ2n) is 4.71. The van der Waals surface area contributed by atoms with Crippen LogP contribution in [0.1, 0.15) is 29.6 Å². The summed E-state index contributed by atoms with van der Waals surface area (Å²) in [6.07, 6.45) is 3.25. The molecule has 1 saturated heterocycles. The van der Waals surface area contributed by atoms with Crippen LogP contribution in [0.2, 0.25) is 0 Å². The fraction of sp³-hybridized carbons (Fsp3) is 0.500. The maximum absolute atomic E-state index is 12.9. The Morgan fingerprint density at radius 3 is 2.78 bits per heavy atom. The molecule has 1 atom stereocenters. The molecule has 0 bridgehead atoms. The third kappa shape index (κ3) is 2.88. The molecule has 18 heavy (non-hydrogen) atoms. The first-order chi connectivity index (χ1) is 8.72. The number of rotatable bonds is 3. The van der Waals surface area contributed by atoms with Gasteiger partial charge in [-0.15, -0.1) is 0 Å². The monoisotopic (exact) mass is 250 g/mol. The number of hydrogen-bond acceptors (Lipinski definition) is 2. The van der Waals surface area contributed by atoms with Crippen molar-refractivity contribution in [3.8, 4) is 0 Å². The van der Waals surface area contributed by atoms with Crippen molar-refractivity contribution in [2.24, 2.45) is 0 Å². The first kappa shape index (κ1) is 13.0. The van der Waals surface area contributed by atoms with Crippen LogP contribution in [0.5, 0.6) is 0 Å². The molecule has 1 amide bonds. The van der Waals surface area contributed by atoms with E-state index >= 15 is 0 Å². The van der Waals surface area contributed by atoms with Crippen molar-refractivity contribution in [2.45, 2.75) is 25.3 Å². The molecule has 0 aliphatic carbocycles. The van der Waals surface area contributed by atoms with Crippen LogP contribution in [0.25, 0.3) is 0 Å². The van der Waals surface area contributed by atoms with Gasteiger partial charge in [-0.1, -0.05) is 0 Å². The van der Waals surface area contributed by atoms with Crippen molar-refractivity contribution in [3.05, 3.63) is 35.6 Å². The van der Waals surface area contributed by atoms with Gasteiger partial charge in [0.05, 0.1) is 0 Å². The van der Waals surface area contributed by atoms with Crippen LogP contribution in [-0.2, 0) is 0 Å². The van der Waals surface area contributed by atoms with E-state index in [4.69, 9.17) is 0 Å². The predicted octanol–water partition coefficient (Wildman–Crippen LogP) is 2.04. The molecule has 1 aromatic carbocycles. The van der Waals surface area contributed by atoms with E-state index in [1.807, 2.05) is 11.9 Å². The molecule has 98 valence electrons. The summed E-state index contributed by atoms with van der Waals surface area (Å²) in [5.41, 5.74) is 0.569. The maximum Gasteiger partial charge on any atom is 0.254 e. The van der Waals surface area contributed by atoms with E-state index in [1.54, 1.807) is 12.1 Å². The lowest BCUT2D eigenvalue weighted by atomic mass is 10.0. The van der Waals surface area contributed by atoms with Gasteiger partial charge < -0.3 is 10.2 Å². The number of likely N-dealkylation sites (N-methyl/N-ethyl adjacent to an activating group) is 1. The van der Waals surface area contributed by atoms with Gasteiger partial charge in [0.1, 0.15) is 5.82 Å². The smallest absolute Gasteiger partial charge is 0.254 e. The summed E-state index contributed by atoms with van der Waals surface area (Å²) in [4.78, 5) is 14.3. The minimum Gasteiger partial charge on any atom is -0.334 e. The van der Waals surface area contributed by atoms with Gasteiger partial charge in [0, 0.05) is 24.7 Å². The third-order valence-corrected chi connectivity index (χ3v) is 3.42. The molecule has 4 heteroatoms. The number of benzene rings is 1. The summed E-state index contributed by atoms with van der Waals surface area (Å²) in [6, 6.07) is 6.04. The van der Waals surface area contributed by atoms with Crippen molar-refractivity contribution < 1.29 is 9.18 Å². The number of halogens is 1. The molecule has 1 N–H and O–H groups in total. The van der Waals surface area contributed by atoms with Crippen LogP contribution in [0.3, 0.4) is 0 Å². The molecule has 0 aromatic heterocycles. The van der Waals surface area contributed by atoms with Crippen molar-refractivity contribution >= 4 is 5.91 Å². The van der Waals surface area contributed by atoms with Crippen LogP contribution < -0.4 is 5.32 Å². The average molecular weight is 250 g/mol. The summed E-state index contributed by atoms with van der Waals surface area (Å²) >= 11 is 0. The van der Waals surface area contributed by atoms with Gasteiger partial charge in [-0.05, 0) is 50.6 Å². The quantitative estimate of drug-likeness (QED) is 0.890. The van der Waals surface area contributed by atoms with Crippen molar-refractivity contribution in [1.29, 1.82) is 0 Å². The summed E-state index contributed by atoms with van der Waals surface area (Å²) < 4.78 is 12.9. The highest BCUT2D eigenvalue weighted by Crippen LogP contribution is 2.19. The number of carbonyl (C=O) groups excluding carboxylic acids is 1. The topological polar surface area (TPSA) is 32.3 Å². The fourth-order valence-electron chi connectivity index (χ4n) is 2.47. The number of nitrogens with zero attached hydrogens (tertiary/aromatic N) is 1. The highest BCUT2D eigenvalue weighted by molar-refractivity contribution is 5.94. The minimum atomic E-state index is -0.308. The lowest BCUT2D eigenvalue weighted by Gasteiger charge is -2.35. The summed E-state index contributed by atoms with van der Waals surface area (Å²) in [6.45, 7) is 1.61. The van der Waals surface area contributed by atoms with Gasteiger partial charge in [0.15, 0.2) is 0 Å². The van der Waals surface area contributed by atoms with Crippen LogP contribution in [-0.4, -0.2) is 37.0 Å². The van der Waals surface area contributed by atoms with Crippen LogP contribution >= 0.6 is 0 Å². The molecule has 1 unspecified atom stereocenters. The standard InChI is InChI=1S/C14H19FN2O/c1-16-10-13-4-2-3-9-17(13)14(18)11-5-7-12(15)8-6-11/h5-8,13,16H,2-4,9-10H2,1H3. The van der Waals surface area contributed by atoms with Crippen LogP contribution in [0, 0.1) is 5.82 Å². The molecule has 3 nitrogen and oxygen atoms in total. The Morgan fingerprint density at radius 2 is 2.11 bits per heavy atom. The van der Waals surface area contributed by atoms with Crippen molar-refractivity contribution in [2.75, 3.05) is 20.1 Å². The lowest BCUT2D eigenvalue weighted by molar-refractivity contribution is 0.0615. The van der Waals surface area contributed by atoms with Gasteiger partial charge in [0.2, 0.25) is 0 Å². The largest absolute Gasteiger partial charge is 0.334 e. The van der Waals surface area contributed by atoms with Gasteiger partial charge in [0.25, 0.3) is 5.91 Å². The number of amides is 1. The van der Waals surface area contributed by atoms with Crippen molar-refractivity contribution in [1.82, 2.24) is 10.2 Å². The number of carbonyl (C=O) groups is 1. The summed E-state index contributed by atoms with van der Waals surface area (Å²) in [5, 5.41) is 3.13. The Balaban J connectivity index is 2.12. The molecule has 1 aromatic rings. The second-order valence-corrected chi connectivity index (χ2v) is 4.71. The number of nitrogens with one attached hydrogen (secondary N) is 1. The molecule has 1 fully saturated rings. The number of hydrogen-bond donors (Lipinski definition) is 1. The molecule has 1 aliphatic heterocycles. The van der Waals surface area contributed by atoms with Gasteiger partial charge in [-0.25, -0.2) is 4.39 Å². The molecule has 0 radical (unpaired) electrons. The summed E-state index contributed by atoms with van der Waals surface area (Å²) in [5.74, 6) is -0.299. The Bertz CT molecular complexity index is 403. The molecular weight excluding hydrogens is 231 g/mol. The molecule has 1 aliphatic rings. The first-order valence-electron chi connectivity index (χ1n) is 6.43. The van der Waals surface area contributed by atoms with Gasteiger partial charge in [-0.3, -0.25) is 4.79 Å². The Labute approximate surface area is 107 Å². The molecular formula is C14H19FN2O. The van der Waals surface area contributed by atoms with E-state index < -0.39 is 0 Å².